The molecule has 10 nitrogen and oxygen atoms in total. The zero-order valence-electron chi connectivity index (χ0n) is 18.5. The topological polar surface area (TPSA) is 191 Å². The fourth-order valence-electron chi connectivity index (χ4n) is 3.06. The Morgan fingerprint density at radius 3 is 1.67 bits per heavy atom. The molecular weight excluding hydrogens is 386 g/mol. The van der Waals surface area contributed by atoms with Crippen molar-refractivity contribution in [2.24, 2.45) is 22.9 Å². The van der Waals surface area contributed by atoms with Crippen LogP contribution in [0.25, 0.3) is 0 Å². The van der Waals surface area contributed by atoms with Crippen molar-refractivity contribution < 1.29 is 14.4 Å². The lowest BCUT2D eigenvalue weighted by Crippen LogP contribution is -2.55. The largest absolute Gasteiger partial charge is 0.344 e. The van der Waals surface area contributed by atoms with Crippen LogP contribution in [0.15, 0.2) is 0 Å². The molecular formula is C20H43N7O3. The number of carbonyl (C=O) groups is 3. The zero-order valence-corrected chi connectivity index (χ0v) is 18.5. The van der Waals surface area contributed by atoms with Gasteiger partial charge in [0.1, 0.15) is 6.04 Å². The maximum atomic E-state index is 12.9. The summed E-state index contributed by atoms with van der Waals surface area (Å²) in [6, 6.07) is -2.08. The lowest BCUT2D eigenvalue weighted by Gasteiger charge is -2.24. The van der Waals surface area contributed by atoms with Gasteiger partial charge >= 0.3 is 0 Å². The number of Topliss-reactive ketones (excluding diaryl/α,β-unsaturated/α-hetero) is 1. The number of hydrogen-bond donors (Lipinski definition) is 7. The third kappa shape index (κ3) is 12.9. The second-order valence-electron chi connectivity index (χ2n) is 7.58. The van der Waals surface area contributed by atoms with E-state index in [-0.39, 0.29) is 24.1 Å². The van der Waals surface area contributed by atoms with Crippen LogP contribution in [-0.2, 0) is 14.4 Å². The number of ketones is 1. The van der Waals surface area contributed by atoms with E-state index in [2.05, 4.69) is 16.0 Å². The average Bonchev–Trinajstić information content (AvgIpc) is 2.72. The molecule has 0 bridgehead atoms. The summed E-state index contributed by atoms with van der Waals surface area (Å²) in [7, 11) is 1.68. The second-order valence-corrected chi connectivity index (χ2v) is 7.58. The molecule has 0 radical (unpaired) electrons. The van der Waals surface area contributed by atoms with E-state index in [0.29, 0.717) is 45.3 Å². The fraction of sp³-hybridized carbons (Fsp3) is 0.850. The first-order valence-corrected chi connectivity index (χ1v) is 11.0. The van der Waals surface area contributed by atoms with Crippen LogP contribution in [0.3, 0.4) is 0 Å². The minimum Gasteiger partial charge on any atom is -0.344 e. The molecule has 0 saturated heterocycles. The van der Waals surface area contributed by atoms with E-state index < -0.39 is 18.1 Å². The molecule has 0 fully saturated rings. The summed E-state index contributed by atoms with van der Waals surface area (Å²) in [5.74, 6) is -0.855. The minimum absolute atomic E-state index is 0.103. The molecule has 176 valence electrons. The van der Waals surface area contributed by atoms with Crippen LogP contribution in [0.1, 0.15) is 57.8 Å². The highest BCUT2D eigenvalue weighted by Gasteiger charge is 2.27. The summed E-state index contributed by atoms with van der Waals surface area (Å²) in [5, 5.41) is 8.38. The van der Waals surface area contributed by atoms with Crippen molar-refractivity contribution in [3.05, 3.63) is 0 Å². The summed E-state index contributed by atoms with van der Waals surface area (Å²) >= 11 is 0. The first-order valence-electron chi connectivity index (χ1n) is 11.0. The molecule has 3 atom stereocenters. The lowest BCUT2D eigenvalue weighted by molar-refractivity contribution is -0.132. The second kappa shape index (κ2) is 18.2. The third-order valence-electron chi connectivity index (χ3n) is 4.89. The fourth-order valence-corrected chi connectivity index (χ4v) is 3.06. The molecule has 0 aliphatic heterocycles. The Labute approximate surface area is 180 Å². The summed E-state index contributed by atoms with van der Waals surface area (Å²) in [5.41, 5.74) is 22.5. The number of carbonyl (C=O) groups excluding carboxylic acids is 3. The van der Waals surface area contributed by atoms with Gasteiger partial charge < -0.3 is 38.9 Å². The van der Waals surface area contributed by atoms with Crippen LogP contribution >= 0.6 is 0 Å². The summed E-state index contributed by atoms with van der Waals surface area (Å²) in [4.78, 5) is 37.7. The van der Waals surface area contributed by atoms with Crippen molar-refractivity contribution in [1.82, 2.24) is 16.0 Å². The number of hydrogen-bond acceptors (Lipinski definition) is 8. The maximum absolute atomic E-state index is 12.9. The molecule has 0 aromatic carbocycles. The van der Waals surface area contributed by atoms with Crippen molar-refractivity contribution in [3.8, 4) is 0 Å². The van der Waals surface area contributed by atoms with Crippen LogP contribution in [0, 0.1) is 0 Å². The number of rotatable bonds is 19. The van der Waals surface area contributed by atoms with Crippen LogP contribution in [0.5, 0.6) is 0 Å². The first-order chi connectivity index (χ1) is 14.4. The van der Waals surface area contributed by atoms with Gasteiger partial charge in [0, 0.05) is 0 Å². The summed E-state index contributed by atoms with van der Waals surface area (Å²) < 4.78 is 0. The Morgan fingerprint density at radius 1 is 0.700 bits per heavy atom. The number of nitrogens with two attached hydrogens (primary N) is 4. The van der Waals surface area contributed by atoms with Crippen molar-refractivity contribution in [1.29, 1.82) is 0 Å². The molecule has 30 heavy (non-hydrogen) atoms. The number of likely N-dealkylation sites (N-methyl/N-ethyl adjacent to an activating group) is 1. The Kier molecular flexibility index (Phi) is 17.2. The molecule has 0 heterocycles. The van der Waals surface area contributed by atoms with Crippen molar-refractivity contribution in [2.75, 3.05) is 33.2 Å². The van der Waals surface area contributed by atoms with Gasteiger partial charge in [0.2, 0.25) is 11.8 Å². The lowest BCUT2D eigenvalue weighted by atomic mass is 10.0. The van der Waals surface area contributed by atoms with E-state index in [1.807, 2.05) is 0 Å². The Balaban J connectivity index is 5.04. The first kappa shape index (κ1) is 28.4. The molecule has 10 heteroatoms. The van der Waals surface area contributed by atoms with Gasteiger partial charge in [0.15, 0.2) is 5.78 Å². The van der Waals surface area contributed by atoms with E-state index in [4.69, 9.17) is 22.9 Å². The van der Waals surface area contributed by atoms with Crippen LogP contribution in [0.4, 0.5) is 0 Å². The Bertz CT molecular complexity index is 491. The van der Waals surface area contributed by atoms with E-state index in [9.17, 15) is 14.4 Å². The van der Waals surface area contributed by atoms with Gasteiger partial charge in [0.25, 0.3) is 0 Å². The van der Waals surface area contributed by atoms with Gasteiger partial charge in [-0.2, -0.15) is 0 Å². The highest BCUT2D eigenvalue weighted by atomic mass is 16.2. The van der Waals surface area contributed by atoms with Gasteiger partial charge in [-0.05, 0) is 78.0 Å². The smallest absolute Gasteiger partial charge is 0.243 e. The zero-order chi connectivity index (χ0) is 22.8. The van der Waals surface area contributed by atoms with Gasteiger partial charge in [-0.25, -0.2) is 0 Å². The van der Waals surface area contributed by atoms with Gasteiger partial charge in [0.05, 0.1) is 18.6 Å². The predicted octanol–water partition coefficient (Wildman–Crippen LogP) is -1.54. The van der Waals surface area contributed by atoms with E-state index in [1.165, 1.54) is 0 Å². The van der Waals surface area contributed by atoms with E-state index in [1.54, 1.807) is 7.05 Å². The van der Waals surface area contributed by atoms with Gasteiger partial charge in [-0.3, -0.25) is 14.4 Å². The maximum Gasteiger partial charge on any atom is 0.243 e. The molecule has 0 aliphatic carbocycles. The van der Waals surface area contributed by atoms with Crippen LogP contribution < -0.4 is 38.9 Å². The molecule has 0 aromatic heterocycles. The van der Waals surface area contributed by atoms with Gasteiger partial charge in [-0.1, -0.05) is 6.42 Å². The number of unbranched alkanes of at least 4 members (excludes halogenated alkanes) is 3. The summed E-state index contributed by atoms with van der Waals surface area (Å²) in [6.45, 7) is 1.73. The SMILES string of the molecule is CNCC(=O)[C@H](CCCCN)NC(=O)[C@H](CCCCN)NC(=O)[C@@H](N)CCCCN. The highest BCUT2D eigenvalue weighted by Crippen LogP contribution is 2.07. The van der Waals surface area contributed by atoms with E-state index in [0.717, 1.165) is 32.1 Å². The molecule has 0 spiro atoms. The van der Waals surface area contributed by atoms with Crippen LogP contribution in [-0.4, -0.2) is 68.9 Å². The molecule has 0 aliphatic rings. The normalized spacial score (nSPS) is 14.0. The summed E-state index contributed by atoms with van der Waals surface area (Å²) in [6.07, 6.45) is 5.89. The standard InChI is InChI=1S/C20H43N7O3/c1-25-14-18(28)16(9-3-6-12-22)26-20(30)17(10-4-7-13-23)27-19(29)15(24)8-2-5-11-21/h15-17,25H,2-14,21-24H2,1H3,(H,26,30)(H,27,29)/t15-,16-,17-/m0/s1. The highest BCUT2D eigenvalue weighted by molar-refractivity contribution is 5.94. The number of amides is 2. The quantitative estimate of drug-likeness (QED) is 0.120. The molecule has 0 saturated carbocycles. The molecule has 0 unspecified atom stereocenters. The Hall–Kier alpha value is -1.59. The van der Waals surface area contributed by atoms with Crippen molar-refractivity contribution in [3.63, 3.8) is 0 Å². The number of nitrogens with one attached hydrogen (secondary N) is 3. The molecule has 0 aromatic rings. The van der Waals surface area contributed by atoms with E-state index >= 15 is 0 Å². The van der Waals surface area contributed by atoms with Gasteiger partial charge in [-0.15, -0.1) is 0 Å². The third-order valence-corrected chi connectivity index (χ3v) is 4.89. The van der Waals surface area contributed by atoms with Crippen molar-refractivity contribution >= 4 is 17.6 Å². The Morgan fingerprint density at radius 2 is 1.17 bits per heavy atom. The van der Waals surface area contributed by atoms with Crippen molar-refractivity contribution in [2.45, 2.75) is 75.9 Å². The molecule has 11 N–H and O–H groups in total. The van der Waals surface area contributed by atoms with Crippen LogP contribution in [0.2, 0.25) is 0 Å². The monoisotopic (exact) mass is 429 g/mol. The average molecular weight is 430 g/mol. The molecule has 2 amide bonds. The predicted molar refractivity (Wildman–Crippen MR) is 119 cm³/mol. The minimum atomic E-state index is -0.760. The molecule has 0 rings (SSSR count).